The molecule has 0 spiro atoms. The SMILES string of the molecule is CCCCCCC(Cl)C(=O)NC1CCCCC1. The van der Waals surface area contributed by atoms with Crippen LogP contribution >= 0.6 is 11.6 Å². The number of amides is 1. The molecule has 1 saturated carbocycles. The zero-order valence-corrected chi connectivity index (χ0v) is 11.8. The molecule has 1 N–H and O–H groups in total. The van der Waals surface area contributed by atoms with Crippen molar-refractivity contribution in [2.24, 2.45) is 0 Å². The number of hydrogen-bond acceptors (Lipinski definition) is 1. The fraction of sp³-hybridized carbons (Fsp3) is 0.929. The first-order valence-electron chi connectivity index (χ1n) is 7.18. The molecule has 1 atom stereocenters. The molecule has 1 aliphatic carbocycles. The fourth-order valence-electron chi connectivity index (χ4n) is 2.42. The number of alkyl halides is 1. The van der Waals surface area contributed by atoms with Gasteiger partial charge in [0.2, 0.25) is 5.91 Å². The van der Waals surface area contributed by atoms with Gasteiger partial charge in [0.15, 0.2) is 0 Å². The van der Waals surface area contributed by atoms with Crippen molar-refractivity contribution in [3.05, 3.63) is 0 Å². The molecule has 0 aromatic rings. The van der Waals surface area contributed by atoms with E-state index in [9.17, 15) is 4.79 Å². The lowest BCUT2D eigenvalue weighted by atomic mass is 9.95. The molecule has 17 heavy (non-hydrogen) atoms. The quantitative estimate of drug-likeness (QED) is 0.543. The minimum atomic E-state index is -0.325. The summed E-state index contributed by atoms with van der Waals surface area (Å²) in [6.45, 7) is 2.19. The molecule has 0 saturated heterocycles. The van der Waals surface area contributed by atoms with Crippen molar-refractivity contribution in [3.63, 3.8) is 0 Å². The van der Waals surface area contributed by atoms with Crippen molar-refractivity contribution in [3.8, 4) is 0 Å². The van der Waals surface area contributed by atoms with E-state index in [1.54, 1.807) is 0 Å². The van der Waals surface area contributed by atoms with Crippen LogP contribution in [0.1, 0.15) is 71.1 Å². The topological polar surface area (TPSA) is 29.1 Å². The van der Waals surface area contributed by atoms with Gasteiger partial charge in [-0.05, 0) is 19.3 Å². The van der Waals surface area contributed by atoms with Gasteiger partial charge in [-0.1, -0.05) is 51.9 Å². The van der Waals surface area contributed by atoms with Crippen LogP contribution in [0.5, 0.6) is 0 Å². The van der Waals surface area contributed by atoms with Crippen LogP contribution < -0.4 is 5.32 Å². The number of carbonyl (C=O) groups is 1. The van der Waals surface area contributed by atoms with E-state index in [1.165, 1.54) is 38.5 Å². The largest absolute Gasteiger partial charge is 0.352 e. The Bertz CT molecular complexity index is 214. The van der Waals surface area contributed by atoms with E-state index in [2.05, 4.69) is 12.2 Å². The van der Waals surface area contributed by atoms with Gasteiger partial charge < -0.3 is 5.32 Å². The maximum Gasteiger partial charge on any atom is 0.238 e. The first-order valence-corrected chi connectivity index (χ1v) is 7.62. The summed E-state index contributed by atoms with van der Waals surface area (Å²) in [4.78, 5) is 11.8. The number of unbranched alkanes of at least 4 members (excludes halogenated alkanes) is 3. The molecular weight excluding hydrogens is 234 g/mol. The van der Waals surface area contributed by atoms with E-state index in [4.69, 9.17) is 11.6 Å². The molecule has 0 aromatic carbocycles. The summed E-state index contributed by atoms with van der Waals surface area (Å²) in [6.07, 6.45) is 11.6. The Morgan fingerprint density at radius 1 is 1.24 bits per heavy atom. The predicted octanol–water partition coefficient (Wildman–Crippen LogP) is 4.01. The van der Waals surface area contributed by atoms with Crippen molar-refractivity contribution < 1.29 is 4.79 Å². The van der Waals surface area contributed by atoms with Gasteiger partial charge in [-0.3, -0.25) is 4.79 Å². The van der Waals surface area contributed by atoms with E-state index in [0.29, 0.717) is 6.04 Å². The van der Waals surface area contributed by atoms with Crippen molar-refractivity contribution in [2.45, 2.75) is 82.6 Å². The fourth-order valence-corrected chi connectivity index (χ4v) is 2.64. The average molecular weight is 260 g/mol. The van der Waals surface area contributed by atoms with Gasteiger partial charge in [-0.15, -0.1) is 11.6 Å². The highest BCUT2D eigenvalue weighted by molar-refractivity contribution is 6.30. The molecule has 1 unspecified atom stereocenters. The van der Waals surface area contributed by atoms with E-state index < -0.39 is 0 Å². The van der Waals surface area contributed by atoms with Crippen LogP contribution in [0.25, 0.3) is 0 Å². The number of halogens is 1. The lowest BCUT2D eigenvalue weighted by molar-refractivity contribution is -0.121. The van der Waals surface area contributed by atoms with E-state index >= 15 is 0 Å². The number of nitrogens with one attached hydrogen (secondary N) is 1. The lowest BCUT2D eigenvalue weighted by Gasteiger charge is -2.23. The normalized spacial score (nSPS) is 18.9. The summed E-state index contributed by atoms with van der Waals surface area (Å²) in [5.41, 5.74) is 0. The van der Waals surface area contributed by atoms with Crippen LogP contribution in [0.3, 0.4) is 0 Å². The summed E-state index contributed by atoms with van der Waals surface area (Å²) in [5.74, 6) is 0.0510. The van der Waals surface area contributed by atoms with Crippen LogP contribution in [-0.4, -0.2) is 17.3 Å². The molecule has 1 fully saturated rings. The number of carbonyl (C=O) groups excluding carboxylic acids is 1. The maximum absolute atomic E-state index is 11.8. The van der Waals surface area contributed by atoms with Gasteiger partial charge in [-0.25, -0.2) is 0 Å². The molecule has 0 radical (unpaired) electrons. The molecule has 1 amide bonds. The Balaban J connectivity index is 2.12. The number of hydrogen-bond donors (Lipinski definition) is 1. The molecular formula is C14H26ClNO. The minimum Gasteiger partial charge on any atom is -0.352 e. The predicted molar refractivity (Wildman–Crippen MR) is 73.4 cm³/mol. The average Bonchev–Trinajstić information content (AvgIpc) is 2.35. The molecule has 100 valence electrons. The first-order chi connectivity index (χ1) is 8.24. The van der Waals surface area contributed by atoms with Gasteiger partial charge in [0, 0.05) is 6.04 Å². The van der Waals surface area contributed by atoms with E-state index in [1.807, 2.05) is 0 Å². The van der Waals surface area contributed by atoms with Crippen LogP contribution in [-0.2, 0) is 4.79 Å². The van der Waals surface area contributed by atoms with Crippen LogP contribution in [0.2, 0.25) is 0 Å². The molecule has 0 bridgehead atoms. The van der Waals surface area contributed by atoms with Crippen LogP contribution in [0.15, 0.2) is 0 Å². The Morgan fingerprint density at radius 3 is 2.59 bits per heavy atom. The zero-order valence-electron chi connectivity index (χ0n) is 11.0. The smallest absolute Gasteiger partial charge is 0.238 e. The Kier molecular flexibility index (Phi) is 7.67. The van der Waals surface area contributed by atoms with Crippen molar-refractivity contribution in [2.75, 3.05) is 0 Å². The summed E-state index contributed by atoms with van der Waals surface area (Å²) in [6, 6.07) is 0.383. The molecule has 0 aliphatic heterocycles. The van der Waals surface area contributed by atoms with Gasteiger partial charge in [0.05, 0.1) is 0 Å². The second-order valence-corrected chi connectivity index (χ2v) is 5.69. The van der Waals surface area contributed by atoms with Crippen molar-refractivity contribution in [1.82, 2.24) is 5.32 Å². The summed E-state index contributed by atoms with van der Waals surface area (Å²) < 4.78 is 0. The highest BCUT2D eigenvalue weighted by Gasteiger charge is 2.20. The molecule has 0 heterocycles. The van der Waals surface area contributed by atoms with Crippen molar-refractivity contribution >= 4 is 17.5 Å². The van der Waals surface area contributed by atoms with Gasteiger partial charge >= 0.3 is 0 Å². The second kappa shape index (κ2) is 8.79. The third-order valence-corrected chi connectivity index (χ3v) is 3.96. The van der Waals surface area contributed by atoms with E-state index in [0.717, 1.165) is 25.7 Å². The highest BCUT2D eigenvalue weighted by Crippen LogP contribution is 2.18. The van der Waals surface area contributed by atoms with Crippen LogP contribution in [0.4, 0.5) is 0 Å². The Labute approximate surface area is 110 Å². The summed E-state index contributed by atoms with van der Waals surface area (Å²) in [7, 11) is 0. The Hall–Kier alpha value is -0.240. The Morgan fingerprint density at radius 2 is 1.94 bits per heavy atom. The molecule has 2 nitrogen and oxygen atoms in total. The minimum absolute atomic E-state index is 0.0510. The summed E-state index contributed by atoms with van der Waals surface area (Å²) >= 11 is 6.12. The molecule has 0 aromatic heterocycles. The molecule has 1 aliphatic rings. The summed E-state index contributed by atoms with van der Waals surface area (Å²) in [5, 5.41) is 2.76. The van der Waals surface area contributed by atoms with Gasteiger partial charge in [0.1, 0.15) is 5.38 Å². The van der Waals surface area contributed by atoms with Crippen molar-refractivity contribution in [1.29, 1.82) is 0 Å². The maximum atomic E-state index is 11.8. The third kappa shape index (κ3) is 6.30. The third-order valence-electron chi connectivity index (χ3n) is 3.55. The van der Waals surface area contributed by atoms with Gasteiger partial charge in [-0.2, -0.15) is 0 Å². The van der Waals surface area contributed by atoms with Crippen LogP contribution in [0, 0.1) is 0 Å². The second-order valence-electron chi connectivity index (χ2n) is 5.16. The standard InChI is InChI=1S/C14H26ClNO/c1-2-3-4-8-11-13(15)14(17)16-12-9-6-5-7-10-12/h12-13H,2-11H2,1H3,(H,16,17). The lowest BCUT2D eigenvalue weighted by Crippen LogP contribution is -2.40. The molecule has 3 heteroatoms. The monoisotopic (exact) mass is 259 g/mol. The van der Waals surface area contributed by atoms with E-state index in [-0.39, 0.29) is 11.3 Å². The zero-order chi connectivity index (χ0) is 12.5. The van der Waals surface area contributed by atoms with Gasteiger partial charge in [0.25, 0.3) is 0 Å². The first kappa shape index (κ1) is 14.8. The molecule has 1 rings (SSSR count). The highest BCUT2D eigenvalue weighted by atomic mass is 35.5. The number of rotatable bonds is 7.